The van der Waals surface area contributed by atoms with E-state index in [9.17, 15) is 14.4 Å². The number of anilines is 1. The van der Waals surface area contributed by atoms with Gasteiger partial charge in [-0.25, -0.2) is 0 Å². The lowest BCUT2D eigenvalue weighted by Gasteiger charge is -2.16. The van der Waals surface area contributed by atoms with Gasteiger partial charge in [0.1, 0.15) is 18.9 Å². The van der Waals surface area contributed by atoms with Crippen molar-refractivity contribution in [2.45, 2.75) is 13.0 Å². The van der Waals surface area contributed by atoms with Crippen LogP contribution in [0.1, 0.15) is 16.7 Å². The molecule has 0 bridgehead atoms. The molecule has 0 spiro atoms. The van der Waals surface area contributed by atoms with Gasteiger partial charge in [-0.3, -0.25) is 19.3 Å². The van der Waals surface area contributed by atoms with E-state index < -0.39 is 23.6 Å². The molecule has 8 nitrogen and oxygen atoms in total. The van der Waals surface area contributed by atoms with Crippen molar-refractivity contribution in [3.63, 3.8) is 0 Å². The summed E-state index contributed by atoms with van der Waals surface area (Å²) in [5, 5.41) is 2.16. The van der Waals surface area contributed by atoms with Gasteiger partial charge >= 0.3 is 0 Å². The van der Waals surface area contributed by atoms with Gasteiger partial charge < -0.3 is 19.5 Å². The van der Waals surface area contributed by atoms with E-state index in [0.717, 1.165) is 27.8 Å². The van der Waals surface area contributed by atoms with E-state index in [1.54, 1.807) is 49.6 Å². The number of para-hydroxylation sites is 2. The summed E-state index contributed by atoms with van der Waals surface area (Å²) in [6, 6.07) is 20.3. The molecule has 0 aliphatic carbocycles. The fraction of sp³-hybridized carbons (Fsp3) is 0.167. The zero-order chi connectivity index (χ0) is 27.8. The molecule has 0 radical (unpaired) electrons. The highest BCUT2D eigenvalue weighted by molar-refractivity contribution is 8.18. The standard InChI is InChI=1S/C30H28N2O6S/c1-4-10-22-15-21(16-25(37-3)28(22)38-19-20-11-6-5-7-12-20)17-26-29(34)32(30(35)39-26)18-27(33)31-23-13-8-9-14-24(23)36-2/h4-9,11-17H,1,10,18-19H2,2-3H3,(H,31,33)/b26-17-. The van der Waals surface area contributed by atoms with Gasteiger partial charge in [-0.05, 0) is 59.7 Å². The number of nitrogens with zero attached hydrogens (tertiary/aromatic N) is 1. The number of hydrogen-bond acceptors (Lipinski definition) is 7. The number of allylic oxidation sites excluding steroid dienone is 1. The van der Waals surface area contributed by atoms with Crippen LogP contribution in [-0.2, 0) is 22.6 Å². The Morgan fingerprint density at radius 2 is 1.72 bits per heavy atom. The summed E-state index contributed by atoms with van der Waals surface area (Å²) in [7, 11) is 3.03. The van der Waals surface area contributed by atoms with Crippen molar-refractivity contribution in [3.05, 3.63) is 101 Å². The number of benzene rings is 3. The molecule has 39 heavy (non-hydrogen) atoms. The predicted molar refractivity (Wildman–Crippen MR) is 152 cm³/mol. The molecule has 0 unspecified atom stereocenters. The number of rotatable bonds is 11. The zero-order valence-corrected chi connectivity index (χ0v) is 22.5. The minimum Gasteiger partial charge on any atom is -0.495 e. The number of carbonyl (C=O) groups excluding carboxylic acids is 3. The third kappa shape index (κ3) is 6.69. The lowest BCUT2D eigenvalue weighted by Crippen LogP contribution is -2.36. The monoisotopic (exact) mass is 544 g/mol. The Morgan fingerprint density at radius 1 is 1.00 bits per heavy atom. The summed E-state index contributed by atoms with van der Waals surface area (Å²) in [6.45, 7) is 3.78. The molecule has 1 N–H and O–H groups in total. The van der Waals surface area contributed by atoms with Crippen LogP contribution in [0.15, 0.2) is 84.3 Å². The largest absolute Gasteiger partial charge is 0.495 e. The topological polar surface area (TPSA) is 94.2 Å². The first-order valence-electron chi connectivity index (χ1n) is 12.1. The summed E-state index contributed by atoms with van der Waals surface area (Å²) >= 11 is 0.779. The fourth-order valence-electron chi connectivity index (χ4n) is 3.99. The molecule has 1 aliphatic rings. The van der Waals surface area contributed by atoms with E-state index in [1.807, 2.05) is 36.4 Å². The van der Waals surface area contributed by atoms with Gasteiger partial charge in [0.05, 0.1) is 24.8 Å². The average molecular weight is 545 g/mol. The maximum Gasteiger partial charge on any atom is 0.294 e. The Bertz CT molecular complexity index is 1420. The van der Waals surface area contributed by atoms with Crippen molar-refractivity contribution in [1.29, 1.82) is 0 Å². The van der Waals surface area contributed by atoms with Crippen LogP contribution in [0.3, 0.4) is 0 Å². The van der Waals surface area contributed by atoms with Crippen LogP contribution in [0.2, 0.25) is 0 Å². The molecule has 1 aliphatic heterocycles. The first-order chi connectivity index (χ1) is 18.9. The smallest absolute Gasteiger partial charge is 0.294 e. The van der Waals surface area contributed by atoms with Gasteiger partial charge in [-0.15, -0.1) is 6.58 Å². The van der Waals surface area contributed by atoms with Crippen LogP contribution in [0.5, 0.6) is 17.2 Å². The minimum atomic E-state index is -0.547. The lowest BCUT2D eigenvalue weighted by molar-refractivity contribution is -0.127. The van der Waals surface area contributed by atoms with Crippen LogP contribution in [0, 0.1) is 0 Å². The molecule has 0 saturated carbocycles. The molecule has 3 aromatic rings. The fourth-order valence-corrected chi connectivity index (χ4v) is 4.83. The van der Waals surface area contributed by atoms with Crippen LogP contribution in [0.4, 0.5) is 10.5 Å². The second-order valence-corrected chi connectivity index (χ2v) is 9.49. The van der Waals surface area contributed by atoms with Crippen LogP contribution in [0.25, 0.3) is 6.08 Å². The highest BCUT2D eigenvalue weighted by Crippen LogP contribution is 2.37. The maximum atomic E-state index is 13.1. The highest BCUT2D eigenvalue weighted by atomic mass is 32.2. The molecule has 9 heteroatoms. The van der Waals surface area contributed by atoms with Crippen LogP contribution >= 0.6 is 11.8 Å². The molecule has 0 atom stereocenters. The number of carbonyl (C=O) groups is 3. The van der Waals surface area contributed by atoms with E-state index in [4.69, 9.17) is 14.2 Å². The molecule has 4 rings (SSSR count). The zero-order valence-electron chi connectivity index (χ0n) is 21.6. The van der Waals surface area contributed by atoms with E-state index in [0.29, 0.717) is 41.5 Å². The van der Waals surface area contributed by atoms with Gasteiger partial charge in [-0.1, -0.05) is 48.5 Å². The second kappa shape index (κ2) is 12.8. The Labute approximate surface area is 231 Å². The molecule has 200 valence electrons. The predicted octanol–water partition coefficient (Wildman–Crippen LogP) is 5.69. The van der Waals surface area contributed by atoms with Crippen molar-refractivity contribution in [3.8, 4) is 17.2 Å². The summed E-state index contributed by atoms with van der Waals surface area (Å²) in [6.07, 6.45) is 3.87. The first kappa shape index (κ1) is 27.5. The van der Waals surface area contributed by atoms with E-state index >= 15 is 0 Å². The lowest BCUT2D eigenvalue weighted by atomic mass is 10.0. The van der Waals surface area contributed by atoms with E-state index in [-0.39, 0.29) is 4.91 Å². The van der Waals surface area contributed by atoms with Gasteiger partial charge in [0.15, 0.2) is 11.5 Å². The summed E-state index contributed by atoms with van der Waals surface area (Å²) < 4.78 is 16.9. The number of ether oxygens (including phenoxy) is 3. The summed E-state index contributed by atoms with van der Waals surface area (Å²) in [5.74, 6) is 0.485. The van der Waals surface area contributed by atoms with Gasteiger partial charge in [0, 0.05) is 5.56 Å². The molecule has 0 aromatic heterocycles. The summed E-state index contributed by atoms with van der Waals surface area (Å²) in [4.78, 5) is 39.4. The van der Waals surface area contributed by atoms with E-state index in [2.05, 4.69) is 11.9 Å². The van der Waals surface area contributed by atoms with Gasteiger partial charge in [0.25, 0.3) is 11.1 Å². The molecule has 1 saturated heterocycles. The Morgan fingerprint density at radius 3 is 2.44 bits per heavy atom. The molecule has 3 aromatic carbocycles. The molecular weight excluding hydrogens is 516 g/mol. The number of thioether (sulfide) groups is 1. The van der Waals surface area contributed by atoms with Crippen molar-refractivity contribution < 1.29 is 28.6 Å². The molecule has 1 heterocycles. The van der Waals surface area contributed by atoms with Crippen LogP contribution < -0.4 is 19.5 Å². The third-order valence-electron chi connectivity index (χ3n) is 5.82. The quantitative estimate of drug-likeness (QED) is 0.245. The first-order valence-corrected chi connectivity index (χ1v) is 12.9. The number of amides is 3. The summed E-state index contributed by atoms with van der Waals surface area (Å²) in [5.41, 5.74) is 2.93. The van der Waals surface area contributed by atoms with Gasteiger partial charge in [0.2, 0.25) is 5.91 Å². The third-order valence-corrected chi connectivity index (χ3v) is 6.73. The second-order valence-electron chi connectivity index (χ2n) is 8.49. The number of hydrogen-bond donors (Lipinski definition) is 1. The number of imide groups is 1. The number of nitrogens with one attached hydrogen (secondary N) is 1. The minimum absolute atomic E-state index is 0.203. The van der Waals surface area contributed by atoms with Crippen molar-refractivity contribution >= 4 is 40.6 Å². The Balaban J connectivity index is 1.52. The van der Waals surface area contributed by atoms with Crippen molar-refractivity contribution in [2.75, 3.05) is 26.1 Å². The molecule has 1 fully saturated rings. The average Bonchev–Trinajstić information content (AvgIpc) is 3.20. The van der Waals surface area contributed by atoms with Crippen LogP contribution in [-0.4, -0.2) is 42.7 Å². The number of methoxy groups -OCH3 is 2. The Kier molecular flexibility index (Phi) is 9.06. The highest BCUT2D eigenvalue weighted by Gasteiger charge is 2.36. The van der Waals surface area contributed by atoms with Crippen molar-refractivity contribution in [2.24, 2.45) is 0 Å². The molecule has 3 amide bonds. The van der Waals surface area contributed by atoms with Gasteiger partial charge in [-0.2, -0.15) is 0 Å². The molecular formula is C30H28N2O6S. The maximum absolute atomic E-state index is 13.1. The van der Waals surface area contributed by atoms with E-state index in [1.165, 1.54) is 7.11 Å². The van der Waals surface area contributed by atoms with Crippen molar-refractivity contribution in [1.82, 2.24) is 4.90 Å². The Hall–Kier alpha value is -4.50. The normalized spacial score (nSPS) is 13.9. The SMILES string of the molecule is C=CCc1cc(/C=C2\SC(=O)N(CC(=O)Nc3ccccc3OC)C2=O)cc(OC)c1OCc1ccccc1.